The van der Waals surface area contributed by atoms with Crippen LogP contribution in [0.25, 0.3) is 0 Å². The minimum atomic E-state index is -0.889. The molecule has 0 aliphatic carbocycles. The zero-order valence-electron chi connectivity index (χ0n) is 19.0. The second-order valence-electron chi connectivity index (χ2n) is 7.99. The second-order valence-corrected chi connectivity index (χ2v) is 9.79. The fraction of sp³-hybridized carbons (Fsp3) is 0.458. The standard InChI is InChI=1S/C24H27ClO7S/c1-13-5-6-17(9-18(13)10-19-7-8-23(25)33-19)20-11-21(30-15(3)27)24(31-16(4)28)22(32-20)12-29-14(2)26/h5-9,20-22,24H,10-12H2,1-4H3/t20-,21-,22-,24+/m1/s1. The predicted molar refractivity (Wildman–Crippen MR) is 123 cm³/mol. The van der Waals surface area contributed by atoms with Crippen molar-refractivity contribution in [1.82, 2.24) is 0 Å². The van der Waals surface area contributed by atoms with Gasteiger partial charge in [-0.25, -0.2) is 0 Å². The van der Waals surface area contributed by atoms with E-state index in [1.807, 2.05) is 31.2 Å². The van der Waals surface area contributed by atoms with Gasteiger partial charge in [-0.3, -0.25) is 14.4 Å². The SMILES string of the molecule is CC(=O)OC[C@H]1O[C@@H](c2ccc(C)c(Cc3ccc(Cl)s3)c2)C[C@@H](OC(C)=O)[C@@H]1OC(C)=O. The first-order chi connectivity index (χ1) is 15.6. The van der Waals surface area contributed by atoms with Crippen molar-refractivity contribution in [3.63, 3.8) is 0 Å². The van der Waals surface area contributed by atoms with Gasteiger partial charge in [0.25, 0.3) is 0 Å². The summed E-state index contributed by atoms with van der Waals surface area (Å²) in [5, 5.41) is 0. The summed E-state index contributed by atoms with van der Waals surface area (Å²) in [4.78, 5) is 36.0. The zero-order valence-corrected chi connectivity index (χ0v) is 20.5. The molecule has 0 amide bonds. The van der Waals surface area contributed by atoms with E-state index in [0.717, 1.165) is 32.3 Å². The molecule has 3 rings (SSSR count). The van der Waals surface area contributed by atoms with Crippen LogP contribution in [0.15, 0.2) is 30.3 Å². The topological polar surface area (TPSA) is 88.1 Å². The lowest BCUT2D eigenvalue weighted by molar-refractivity contribution is -0.216. The van der Waals surface area contributed by atoms with Crippen LogP contribution in [0.4, 0.5) is 0 Å². The third-order valence-electron chi connectivity index (χ3n) is 5.33. The number of aryl methyl sites for hydroxylation is 1. The van der Waals surface area contributed by atoms with Crippen LogP contribution in [-0.2, 0) is 39.8 Å². The molecule has 178 valence electrons. The van der Waals surface area contributed by atoms with Crippen molar-refractivity contribution in [3.8, 4) is 0 Å². The van der Waals surface area contributed by atoms with Gasteiger partial charge in [-0.1, -0.05) is 29.8 Å². The average Bonchev–Trinajstić information content (AvgIpc) is 3.13. The summed E-state index contributed by atoms with van der Waals surface area (Å²) in [5.41, 5.74) is 3.15. The lowest BCUT2D eigenvalue weighted by Crippen LogP contribution is -2.51. The molecule has 33 heavy (non-hydrogen) atoms. The molecule has 1 aromatic heterocycles. The molecule has 4 atom stereocenters. The van der Waals surface area contributed by atoms with E-state index in [9.17, 15) is 14.4 Å². The molecule has 1 saturated heterocycles. The van der Waals surface area contributed by atoms with Gasteiger partial charge in [0, 0.05) is 38.5 Å². The van der Waals surface area contributed by atoms with Gasteiger partial charge in [-0.15, -0.1) is 11.3 Å². The Kier molecular flexibility index (Phi) is 8.51. The van der Waals surface area contributed by atoms with Crippen molar-refractivity contribution < 1.29 is 33.3 Å². The maximum absolute atomic E-state index is 11.8. The third-order valence-corrected chi connectivity index (χ3v) is 6.56. The van der Waals surface area contributed by atoms with Gasteiger partial charge in [0.1, 0.15) is 18.8 Å². The van der Waals surface area contributed by atoms with Crippen LogP contribution in [-0.4, -0.2) is 42.8 Å². The summed E-state index contributed by atoms with van der Waals surface area (Å²) in [5.74, 6) is -1.53. The highest BCUT2D eigenvalue weighted by Gasteiger charge is 2.44. The minimum Gasteiger partial charge on any atom is -0.463 e. The lowest BCUT2D eigenvalue weighted by Gasteiger charge is -2.40. The van der Waals surface area contributed by atoms with E-state index in [1.54, 1.807) is 0 Å². The maximum Gasteiger partial charge on any atom is 0.303 e. The fourth-order valence-electron chi connectivity index (χ4n) is 3.87. The highest BCUT2D eigenvalue weighted by Crippen LogP contribution is 2.36. The van der Waals surface area contributed by atoms with Crippen LogP contribution in [0, 0.1) is 6.92 Å². The maximum atomic E-state index is 11.8. The molecule has 9 heteroatoms. The first-order valence-corrected chi connectivity index (χ1v) is 11.8. The molecule has 0 bridgehead atoms. The Morgan fingerprint density at radius 3 is 2.39 bits per heavy atom. The van der Waals surface area contributed by atoms with E-state index in [4.69, 9.17) is 30.5 Å². The molecule has 1 aromatic carbocycles. The van der Waals surface area contributed by atoms with E-state index >= 15 is 0 Å². The Bertz CT molecular complexity index is 1020. The van der Waals surface area contributed by atoms with Crippen molar-refractivity contribution in [3.05, 3.63) is 56.2 Å². The van der Waals surface area contributed by atoms with Crippen molar-refractivity contribution in [2.24, 2.45) is 0 Å². The number of hydrogen-bond donors (Lipinski definition) is 0. The van der Waals surface area contributed by atoms with Crippen LogP contribution < -0.4 is 0 Å². The van der Waals surface area contributed by atoms with Crippen LogP contribution >= 0.6 is 22.9 Å². The molecule has 2 aromatic rings. The molecule has 7 nitrogen and oxygen atoms in total. The Morgan fingerprint density at radius 2 is 1.79 bits per heavy atom. The number of halogens is 1. The number of carbonyl (C=O) groups excluding carboxylic acids is 3. The summed E-state index contributed by atoms with van der Waals surface area (Å²) in [6.07, 6.45) is -1.85. The fourth-order valence-corrected chi connectivity index (χ4v) is 4.98. The van der Waals surface area contributed by atoms with Crippen molar-refractivity contribution >= 4 is 40.8 Å². The van der Waals surface area contributed by atoms with E-state index in [2.05, 4.69) is 6.07 Å². The molecule has 1 aliphatic heterocycles. The number of ether oxygens (including phenoxy) is 4. The Hall–Kier alpha value is -2.42. The van der Waals surface area contributed by atoms with Gasteiger partial charge in [0.15, 0.2) is 6.10 Å². The number of esters is 3. The molecule has 2 heterocycles. The van der Waals surface area contributed by atoms with E-state index in [0.29, 0.717) is 6.42 Å². The normalized spacial score (nSPS) is 22.5. The monoisotopic (exact) mass is 494 g/mol. The second kappa shape index (κ2) is 11.1. The summed E-state index contributed by atoms with van der Waals surface area (Å²) in [7, 11) is 0. The van der Waals surface area contributed by atoms with E-state index in [-0.39, 0.29) is 6.61 Å². The molecule has 1 fully saturated rings. The Morgan fingerprint density at radius 1 is 1.06 bits per heavy atom. The molecular weight excluding hydrogens is 468 g/mol. The Labute approximate surface area is 201 Å². The molecule has 0 saturated carbocycles. The van der Waals surface area contributed by atoms with Crippen molar-refractivity contribution in [2.75, 3.05) is 6.61 Å². The third kappa shape index (κ3) is 7.03. The van der Waals surface area contributed by atoms with E-state index in [1.165, 1.54) is 32.1 Å². The summed E-state index contributed by atoms with van der Waals surface area (Å²) in [6.45, 7) is 5.76. The summed E-state index contributed by atoms with van der Waals surface area (Å²) in [6, 6.07) is 9.93. The van der Waals surface area contributed by atoms with Crippen LogP contribution in [0.2, 0.25) is 4.34 Å². The first-order valence-electron chi connectivity index (χ1n) is 10.6. The van der Waals surface area contributed by atoms with E-state index < -0.39 is 42.3 Å². The molecule has 0 radical (unpaired) electrons. The van der Waals surface area contributed by atoms with Gasteiger partial charge >= 0.3 is 17.9 Å². The quantitative estimate of drug-likeness (QED) is 0.412. The molecule has 0 spiro atoms. The molecule has 0 N–H and O–H groups in total. The smallest absolute Gasteiger partial charge is 0.303 e. The number of benzene rings is 1. The van der Waals surface area contributed by atoms with Gasteiger partial charge in [0.05, 0.1) is 10.4 Å². The van der Waals surface area contributed by atoms with Gasteiger partial charge in [0.2, 0.25) is 0 Å². The van der Waals surface area contributed by atoms with Crippen molar-refractivity contribution in [1.29, 1.82) is 0 Å². The zero-order chi connectivity index (χ0) is 24.1. The van der Waals surface area contributed by atoms with Gasteiger partial charge in [-0.05, 0) is 35.7 Å². The highest BCUT2D eigenvalue weighted by atomic mass is 35.5. The van der Waals surface area contributed by atoms with Crippen molar-refractivity contribution in [2.45, 2.75) is 65.0 Å². The lowest BCUT2D eigenvalue weighted by atomic mass is 9.91. The molecule has 0 unspecified atom stereocenters. The van der Waals surface area contributed by atoms with Gasteiger partial charge < -0.3 is 18.9 Å². The minimum absolute atomic E-state index is 0.131. The Balaban J connectivity index is 1.89. The van der Waals surface area contributed by atoms with Crippen LogP contribution in [0.3, 0.4) is 0 Å². The number of carbonyl (C=O) groups is 3. The molecular formula is C24H27ClO7S. The number of rotatable bonds is 7. The average molecular weight is 495 g/mol. The van der Waals surface area contributed by atoms with Crippen LogP contribution in [0.1, 0.15) is 54.9 Å². The first kappa shape index (κ1) is 25.2. The molecule has 1 aliphatic rings. The van der Waals surface area contributed by atoms with Crippen LogP contribution in [0.5, 0.6) is 0 Å². The largest absolute Gasteiger partial charge is 0.463 e. The number of thiophene rings is 1. The van der Waals surface area contributed by atoms with Gasteiger partial charge in [-0.2, -0.15) is 0 Å². The summed E-state index contributed by atoms with van der Waals surface area (Å²) < 4.78 is 23.0. The number of hydrogen-bond acceptors (Lipinski definition) is 8. The summed E-state index contributed by atoms with van der Waals surface area (Å²) >= 11 is 7.62. The highest BCUT2D eigenvalue weighted by molar-refractivity contribution is 7.16. The predicted octanol–water partition coefficient (Wildman–Crippen LogP) is 4.56.